The molecule has 4 N–H and O–H groups in total. The van der Waals surface area contributed by atoms with Crippen LogP contribution in [0.4, 0.5) is 0 Å². The van der Waals surface area contributed by atoms with Gasteiger partial charge in [0.05, 0.1) is 0 Å². The Kier molecular flexibility index (Phi) is 13.4. The van der Waals surface area contributed by atoms with Gasteiger partial charge in [-0.25, -0.2) is 0 Å². The minimum Gasteiger partial charge on any atom is -0.412 e. The maximum absolute atomic E-state index is 12.8. The second-order valence-electron chi connectivity index (χ2n) is 11.4. The predicted molar refractivity (Wildman–Crippen MR) is 150 cm³/mol. The van der Waals surface area contributed by atoms with Gasteiger partial charge in [0.1, 0.15) is 6.04 Å². The van der Waals surface area contributed by atoms with Gasteiger partial charge in [-0.05, 0) is 79.1 Å². The van der Waals surface area contributed by atoms with Crippen molar-refractivity contribution in [3.05, 3.63) is 34.9 Å². The first kappa shape index (κ1) is 32.4. The van der Waals surface area contributed by atoms with Crippen LogP contribution in [-0.4, -0.2) is 54.9 Å². The van der Waals surface area contributed by atoms with Crippen LogP contribution in [0.3, 0.4) is 0 Å². The third-order valence-electron chi connectivity index (χ3n) is 8.16. The molecule has 1 saturated carbocycles. The standard InChI is InChI=1S/C19H27ClN2O2.C9H17N.CH4.H2O/c1-13(2)17(21-12-23)18(24)22-10-9-16(19(3,4)11-22)14-5-7-15(20)8-6-14;1-2-4-9-7-10-6-5-8(9)3-1;;/h5-8,12-13,16-17H,9-11H2,1-4H3,(H,21,23);8-10H,1-7H2;1H4;1H2/t16-,17-;;;/m1.../s1. The van der Waals surface area contributed by atoms with Crippen LogP contribution in [-0.2, 0) is 9.59 Å². The molecular weight excluding hydrogens is 474 g/mol. The molecule has 6 nitrogen and oxygen atoms in total. The Morgan fingerprint density at radius 3 is 2.31 bits per heavy atom. The molecule has 206 valence electrons. The number of halogens is 1. The number of piperidine rings is 2. The van der Waals surface area contributed by atoms with Crippen molar-refractivity contribution >= 4 is 23.9 Å². The highest BCUT2D eigenvalue weighted by Crippen LogP contribution is 2.42. The minimum atomic E-state index is -0.453. The van der Waals surface area contributed by atoms with Crippen LogP contribution < -0.4 is 10.6 Å². The van der Waals surface area contributed by atoms with Gasteiger partial charge in [0, 0.05) is 18.1 Å². The Bertz CT molecular complexity index is 773. The van der Waals surface area contributed by atoms with E-state index in [1.54, 1.807) is 0 Å². The van der Waals surface area contributed by atoms with E-state index in [9.17, 15) is 9.59 Å². The maximum atomic E-state index is 12.8. The number of likely N-dealkylation sites (tertiary alicyclic amines) is 1. The molecule has 0 aromatic heterocycles. The molecule has 1 aromatic carbocycles. The average Bonchev–Trinajstić information content (AvgIpc) is 2.82. The summed E-state index contributed by atoms with van der Waals surface area (Å²) in [6.45, 7) is 12.3. The number of nitrogens with one attached hydrogen (secondary N) is 2. The van der Waals surface area contributed by atoms with Crippen molar-refractivity contribution < 1.29 is 15.1 Å². The van der Waals surface area contributed by atoms with Gasteiger partial charge in [0.25, 0.3) is 0 Å². The number of amides is 2. The molecular formula is C29H50ClN3O3. The highest BCUT2D eigenvalue weighted by Gasteiger charge is 2.40. The predicted octanol–water partition coefficient (Wildman–Crippen LogP) is 5.05. The fourth-order valence-corrected chi connectivity index (χ4v) is 6.31. The number of carbonyl (C=O) groups is 2. The Balaban J connectivity index is 0.000000451. The van der Waals surface area contributed by atoms with E-state index in [-0.39, 0.29) is 30.1 Å². The zero-order valence-corrected chi connectivity index (χ0v) is 22.7. The van der Waals surface area contributed by atoms with E-state index < -0.39 is 6.04 Å². The first-order chi connectivity index (χ1) is 16.2. The molecule has 2 aliphatic heterocycles. The van der Waals surface area contributed by atoms with Crippen molar-refractivity contribution in [3.8, 4) is 0 Å². The van der Waals surface area contributed by atoms with E-state index in [2.05, 4.69) is 36.6 Å². The van der Waals surface area contributed by atoms with Crippen LogP contribution in [0.5, 0.6) is 0 Å². The quantitative estimate of drug-likeness (QED) is 0.529. The van der Waals surface area contributed by atoms with Crippen molar-refractivity contribution in [1.29, 1.82) is 0 Å². The molecule has 2 saturated heterocycles. The van der Waals surface area contributed by atoms with Crippen LogP contribution >= 0.6 is 11.6 Å². The van der Waals surface area contributed by atoms with Crippen molar-refractivity contribution in [2.45, 2.75) is 85.6 Å². The van der Waals surface area contributed by atoms with E-state index in [1.807, 2.05) is 30.9 Å². The fourth-order valence-electron chi connectivity index (χ4n) is 6.18. The number of benzene rings is 1. The van der Waals surface area contributed by atoms with Gasteiger partial charge in [-0.15, -0.1) is 0 Å². The van der Waals surface area contributed by atoms with E-state index in [0.717, 1.165) is 23.3 Å². The van der Waals surface area contributed by atoms with E-state index in [1.165, 1.54) is 50.8 Å². The highest BCUT2D eigenvalue weighted by molar-refractivity contribution is 6.30. The van der Waals surface area contributed by atoms with Crippen LogP contribution in [0.2, 0.25) is 5.02 Å². The Hall–Kier alpha value is -1.63. The first-order valence-corrected chi connectivity index (χ1v) is 13.6. The lowest BCUT2D eigenvalue weighted by Crippen LogP contribution is -2.54. The average molecular weight is 524 g/mol. The summed E-state index contributed by atoms with van der Waals surface area (Å²) in [5.74, 6) is 2.60. The summed E-state index contributed by atoms with van der Waals surface area (Å²) in [6, 6.07) is 7.56. The molecule has 0 radical (unpaired) electrons. The first-order valence-electron chi connectivity index (χ1n) is 13.2. The lowest BCUT2D eigenvalue weighted by Gasteiger charge is -2.45. The number of nitrogens with zero attached hydrogens (tertiary/aromatic N) is 1. The van der Waals surface area contributed by atoms with Crippen molar-refractivity contribution in [3.63, 3.8) is 0 Å². The third-order valence-corrected chi connectivity index (χ3v) is 8.41. The summed E-state index contributed by atoms with van der Waals surface area (Å²) in [5.41, 5.74) is 1.23. The molecule has 1 aromatic rings. The van der Waals surface area contributed by atoms with Gasteiger partial charge in [0.2, 0.25) is 12.3 Å². The number of rotatable bonds is 5. The van der Waals surface area contributed by atoms with E-state index in [0.29, 0.717) is 25.4 Å². The van der Waals surface area contributed by atoms with Gasteiger partial charge in [0.15, 0.2) is 0 Å². The van der Waals surface area contributed by atoms with Gasteiger partial charge in [-0.3, -0.25) is 9.59 Å². The van der Waals surface area contributed by atoms with Crippen molar-refractivity contribution in [2.75, 3.05) is 26.2 Å². The molecule has 3 aliphatic rings. The van der Waals surface area contributed by atoms with Gasteiger partial charge in [-0.1, -0.05) is 78.1 Å². The largest absolute Gasteiger partial charge is 0.412 e. The third kappa shape index (κ3) is 8.46. The Morgan fingerprint density at radius 2 is 1.75 bits per heavy atom. The lowest BCUT2D eigenvalue weighted by molar-refractivity contribution is -0.139. The Labute approximate surface area is 224 Å². The van der Waals surface area contributed by atoms with E-state index in [4.69, 9.17) is 11.6 Å². The fraction of sp³-hybridized carbons (Fsp3) is 0.724. The monoisotopic (exact) mass is 523 g/mol. The SMILES string of the molecule is C.C1CCC2CNCCC2C1.CC(C)[C@@H](NC=O)C(=O)N1CC[C@H](c2ccc(Cl)cc2)C(C)(C)C1.O. The normalized spacial score (nSPS) is 25.6. The molecule has 0 bridgehead atoms. The number of carbonyl (C=O) groups excluding carboxylic acids is 2. The second kappa shape index (κ2) is 14.9. The number of hydrogen-bond donors (Lipinski definition) is 2. The molecule has 2 amide bonds. The Morgan fingerprint density at radius 1 is 1.11 bits per heavy atom. The topological polar surface area (TPSA) is 92.9 Å². The van der Waals surface area contributed by atoms with Crippen molar-refractivity contribution in [2.24, 2.45) is 23.2 Å². The summed E-state index contributed by atoms with van der Waals surface area (Å²) in [4.78, 5) is 25.5. The summed E-state index contributed by atoms with van der Waals surface area (Å²) in [5, 5.41) is 6.89. The summed E-state index contributed by atoms with van der Waals surface area (Å²) in [6.07, 6.45) is 8.99. The molecule has 1 aliphatic carbocycles. The van der Waals surface area contributed by atoms with Crippen LogP contribution in [0, 0.1) is 23.2 Å². The van der Waals surface area contributed by atoms with Gasteiger partial charge in [-0.2, -0.15) is 0 Å². The van der Waals surface area contributed by atoms with Gasteiger partial charge < -0.3 is 21.0 Å². The van der Waals surface area contributed by atoms with Crippen LogP contribution in [0.1, 0.15) is 85.1 Å². The molecule has 36 heavy (non-hydrogen) atoms. The molecule has 4 atom stereocenters. The highest BCUT2D eigenvalue weighted by atomic mass is 35.5. The van der Waals surface area contributed by atoms with Crippen molar-refractivity contribution in [1.82, 2.24) is 15.5 Å². The summed E-state index contributed by atoms with van der Waals surface area (Å²) >= 11 is 5.99. The maximum Gasteiger partial charge on any atom is 0.245 e. The lowest BCUT2D eigenvalue weighted by atomic mass is 9.70. The van der Waals surface area contributed by atoms with Crippen LogP contribution in [0.25, 0.3) is 0 Å². The molecule has 0 spiro atoms. The molecule has 7 heteroatoms. The summed E-state index contributed by atoms with van der Waals surface area (Å²) < 4.78 is 0. The smallest absolute Gasteiger partial charge is 0.245 e. The molecule has 3 fully saturated rings. The van der Waals surface area contributed by atoms with Gasteiger partial charge >= 0.3 is 0 Å². The number of hydrogen-bond acceptors (Lipinski definition) is 3. The minimum absolute atomic E-state index is 0. The van der Waals surface area contributed by atoms with Crippen LogP contribution in [0.15, 0.2) is 24.3 Å². The summed E-state index contributed by atoms with van der Waals surface area (Å²) in [7, 11) is 0. The zero-order chi connectivity index (χ0) is 24.7. The molecule has 4 rings (SSSR count). The zero-order valence-electron chi connectivity index (χ0n) is 22.0. The number of fused-ring (bicyclic) bond motifs is 1. The molecule has 2 unspecified atom stereocenters. The van der Waals surface area contributed by atoms with E-state index >= 15 is 0 Å². The second-order valence-corrected chi connectivity index (χ2v) is 11.9. The molecule has 2 heterocycles.